The van der Waals surface area contributed by atoms with Gasteiger partial charge in [0.15, 0.2) is 0 Å². The second kappa shape index (κ2) is 6.86. The van der Waals surface area contributed by atoms with Crippen LogP contribution in [-0.4, -0.2) is 47.8 Å². The Morgan fingerprint density at radius 1 is 1.35 bits per heavy atom. The predicted octanol–water partition coefficient (Wildman–Crippen LogP) is 1.74. The molecular weight excluding hydrogens is 254 g/mol. The molecule has 0 aliphatic heterocycles. The molecule has 1 atom stereocenters. The molecule has 0 saturated heterocycles. The molecule has 0 radical (unpaired) electrons. The van der Waals surface area contributed by atoms with Gasteiger partial charge in [0.1, 0.15) is 5.69 Å². The van der Waals surface area contributed by atoms with Crippen LogP contribution in [0.1, 0.15) is 16.1 Å². The van der Waals surface area contributed by atoms with Crippen LogP contribution in [0.25, 0.3) is 0 Å². The van der Waals surface area contributed by atoms with Gasteiger partial charge in [-0.1, -0.05) is 30.3 Å². The normalized spacial score (nSPS) is 12.1. The molecule has 0 spiro atoms. The third-order valence-electron chi connectivity index (χ3n) is 3.27. The number of benzene rings is 1. The standard InChI is InChI=1S/C15H19N3O2/c1-18(15(19)14-8-9-16-17-14)13(11-20-2)10-12-6-4-3-5-7-12/h3-9,13H,10-11H2,1-2H3,(H,16,17)/t13-/m1/s1. The molecule has 0 fully saturated rings. The fraction of sp³-hybridized carbons (Fsp3) is 0.333. The molecule has 0 aliphatic carbocycles. The SMILES string of the molecule is COC[C@@H](Cc1ccccc1)N(C)C(=O)c1ccn[nH]1. The number of rotatable bonds is 6. The lowest BCUT2D eigenvalue weighted by molar-refractivity contribution is 0.0599. The number of amides is 1. The lowest BCUT2D eigenvalue weighted by Crippen LogP contribution is -2.41. The van der Waals surface area contributed by atoms with Crippen LogP contribution in [0.3, 0.4) is 0 Å². The van der Waals surface area contributed by atoms with E-state index in [1.165, 1.54) is 5.56 Å². The minimum absolute atomic E-state index is 0.0156. The van der Waals surface area contributed by atoms with Crippen molar-refractivity contribution in [2.75, 3.05) is 20.8 Å². The first-order chi connectivity index (χ1) is 9.72. The molecule has 1 aromatic carbocycles. The number of nitrogens with zero attached hydrogens (tertiary/aromatic N) is 2. The Kier molecular flexibility index (Phi) is 4.90. The molecule has 1 heterocycles. The van der Waals surface area contributed by atoms with Crippen LogP contribution in [0, 0.1) is 0 Å². The maximum absolute atomic E-state index is 12.3. The van der Waals surface area contributed by atoms with Crippen LogP contribution < -0.4 is 0 Å². The van der Waals surface area contributed by atoms with Crippen LogP contribution in [0.2, 0.25) is 0 Å². The second-order valence-corrected chi connectivity index (χ2v) is 4.69. The van der Waals surface area contributed by atoms with E-state index >= 15 is 0 Å². The first kappa shape index (κ1) is 14.3. The highest BCUT2D eigenvalue weighted by atomic mass is 16.5. The van der Waals surface area contributed by atoms with Crippen molar-refractivity contribution in [3.05, 3.63) is 53.9 Å². The number of hydrogen-bond donors (Lipinski definition) is 1. The quantitative estimate of drug-likeness (QED) is 0.872. The molecule has 0 saturated carbocycles. The zero-order chi connectivity index (χ0) is 14.4. The molecule has 0 bridgehead atoms. The second-order valence-electron chi connectivity index (χ2n) is 4.69. The summed E-state index contributed by atoms with van der Waals surface area (Å²) < 4.78 is 5.25. The zero-order valence-electron chi connectivity index (χ0n) is 11.7. The Labute approximate surface area is 118 Å². The van der Waals surface area contributed by atoms with Gasteiger partial charge in [0, 0.05) is 20.4 Å². The average molecular weight is 273 g/mol. The van der Waals surface area contributed by atoms with Crippen molar-refractivity contribution in [3.8, 4) is 0 Å². The van der Waals surface area contributed by atoms with Crippen molar-refractivity contribution in [2.45, 2.75) is 12.5 Å². The molecule has 1 N–H and O–H groups in total. The number of nitrogens with one attached hydrogen (secondary N) is 1. The van der Waals surface area contributed by atoms with Gasteiger partial charge in [0.05, 0.1) is 12.6 Å². The van der Waals surface area contributed by atoms with Gasteiger partial charge in [-0.15, -0.1) is 0 Å². The molecule has 5 heteroatoms. The molecule has 0 unspecified atom stereocenters. The van der Waals surface area contributed by atoms with Gasteiger partial charge in [-0.25, -0.2) is 0 Å². The van der Waals surface area contributed by atoms with Crippen LogP contribution in [0.4, 0.5) is 0 Å². The van der Waals surface area contributed by atoms with E-state index in [4.69, 9.17) is 4.74 Å². The third kappa shape index (κ3) is 3.45. The van der Waals surface area contributed by atoms with Crippen molar-refractivity contribution < 1.29 is 9.53 Å². The smallest absolute Gasteiger partial charge is 0.271 e. The highest BCUT2D eigenvalue weighted by Gasteiger charge is 2.22. The van der Waals surface area contributed by atoms with Crippen LogP contribution in [-0.2, 0) is 11.2 Å². The van der Waals surface area contributed by atoms with Gasteiger partial charge >= 0.3 is 0 Å². The Morgan fingerprint density at radius 3 is 2.70 bits per heavy atom. The van der Waals surface area contributed by atoms with E-state index in [0.717, 1.165) is 6.42 Å². The minimum atomic E-state index is -0.0829. The Bertz CT molecular complexity index is 525. The molecule has 2 aromatic rings. The van der Waals surface area contributed by atoms with Crippen molar-refractivity contribution in [1.29, 1.82) is 0 Å². The first-order valence-corrected chi connectivity index (χ1v) is 6.51. The van der Waals surface area contributed by atoms with E-state index in [9.17, 15) is 4.79 Å². The third-order valence-corrected chi connectivity index (χ3v) is 3.27. The number of H-pyrrole nitrogens is 1. The lowest BCUT2D eigenvalue weighted by atomic mass is 10.1. The first-order valence-electron chi connectivity index (χ1n) is 6.51. The van der Waals surface area contributed by atoms with Crippen LogP contribution >= 0.6 is 0 Å². The zero-order valence-corrected chi connectivity index (χ0v) is 11.7. The molecule has 5 nitrogen and oxygen atoms in total. The lowest BCUT2D eigenvalue weighted by Gasteiger charge is -2.27. The highest BCUT2D eigenvalue weighted by Crippen LogP contribution is 2.11. The van der Waals surface area contributed by atoms with E-state index in [-0.39, 0.29) is 11.9 Å². The maximum Gasteiger partial charge on any atom is 0.271 e. The van der Waals surface area contributed by atoms with E-state index in [1.807, 2.05) is 18.2 Å². The number of carbonyl (C=O) groups is 1. The summed E-state index contributed by atoms with van der Waals surface area (Å²) in [4.78, 5) is 14.0. The van der Waals surface area contributed by atoms with E-state index in [1.54, 1.807) is 31.3 Å². The van der Waals surface area contributed by atoms with Crippen molar-refractivity contribution >= 4 is 5.91 Å². The van der Waals surface area contributed by atoms with E-state index < -0.39 is 0 Å². The fourth-order valence-corrected chi connectivity index (χ4v) is 2.12. The van der Waals surface area contributed by atoms with Gasteiger partial charge in [-0.05, 0) is 18.1 Å². The fourth-order valence-electron chi connectivity index (χ4n) is 2.12. The topological polar surface area (TPSA) is 58.2 Å². The summed E-state index contributed by atoms with van der Waals surface area (Å²) in [5, 5.41) is 6.51. The van der Waals surface area contributed by atoms with E-state index in [2.05, 4.69) is 22.3 Å². The predicted molar refractivity (Wildman–Crippen MR) is 76.5 cm³/mol. The number of aromatic nitrogens is 2. The molecule has 1 aromatic heterocycles. The summed E-state index contributed by atoms with van der Waals surface area (Å²) in [6.07, 6.45) is 2.33. The number of hydrogen-bond acceptors (Lipinski definition) is 3. The number of methoxy groups -OCH3 is 1. The van der Waals surface area contributed by atoms with Crippen LogP contribution in [0.15, 0.2) is 42.6 Å². The number of ether oxygens (including phenoxy) is 1. The molecule has 106 valence electrons. The maximum atomic E-state index is 12.3. The largest absolute Gasteiger partial charge is 0.383 e. The van der Waals surface area contributed by atoms with Crippen molar-refractivity contribution in [1.82, 2.24) is 15.1 Å². The number of likely N-dealkylation sites (N-methyl/N-ethyl adjacent to an activating group) is 1. The average Bonchev–Trinajstić information content (AvgIpc) is 3.00. The summed E-state index contributed by atoms with van der Waals surface area (Å²) in [6, 6.07) is 11.7. The minimum Gasteiger partial charge on any atom is -0.383 e. The van der Waals surface area contributed by atoms with Crippen molar-refractivity contribution in [2.24, 2.45) is 0 Å². The highest BCUT2D eigenvalue weighted by molar-refractivity contribution is 5.92. The Balaban J connectivity index is 2.09. The summed E-state index contributed by atoms with van der Waals surface area (Å²) in [5.41, 5.74) is 1.67. The summed E-state index contributed by atoms with van der Waals surface area (Å²) in [5.74, 6) is -0.0829. The summed E-state index contributed by atoms with van der Waals surface area (Å²) in [7, 11) is 3.43. The number of carbonyl (C=O) groups excluding carboxylic acids is 1. The summed E-state index contributed by atoms with van der Waals surface area (Å²) in [6.45, 7) is 0.491. The monoisotopic (exact) mass is 273 g/mol. The molecule has 20 heavy (non-hydrogen) atoms. The van der Waals surface area contributed by atoms with Crippen molar-refractivity contribution in [3.63, 3.8) is 0 Å². The van der Waals surface area contributed by atoms with Gasteiger partial charge in [-0.3, -0.25) is 9.89 Å². The number of aromatic amines is 1. The molecule has 0 aliphatic rings. The Morgan fingerprint density at radius 2 is 2.10 bits per heavy atom. The van der Waals surface area contributed by atoms with Gasteiger partial charge in [0.25, 0.3) is 5.91 Å². The molecular formula is C15H19N3O2. The Hall–Kier alpha value is -2.14. The van der Waals surface area contributed by atoms with E-state index in [0.29, 0.717) is 12.3 Å². The van der Waals surface area contributed by atoms with Gasteiger partial charge in [0.2, 0.25) is 0 Å². The molecule has 2 rings (SSSR count). The van der Waals surface area contributed by atoms with Crippen LogP contribution in [0.5, 0.6) is 0 Å². The van der Waals surface area contributed by atoms with Gasteiger partial charge < -0.3 is 9.64 Å². The van der Waals surface area contributed by atoms with Gasteiger partial charge in [-0.2, -0.15) is 5.10 Å². The summed E-state index contributed by atoms with van der Waals surface area (Å²) >= 11 is 0. The molecule has 1 amide bonds.